The molecule has 4 nitrogen and oxygen atoms in total. The number of hydrogen-bond donors (Lipinski definition) is 0. The third kappa shape index (κ3) is 3.74. The summed E-state index contributed by atoms with van der Waals surface area (Å²) in [6.45, 7) is 8.16. The summed E-state index contributed by atoms with van der Waals surface area (Å²) in [7, 11) is -3.34. The van der Waals surface area contributed by atoms with Gasteiger partial charge >= 0.3 is 0 Å². The fraction of sp³-hybridized carbons (Fsp3) is 0.692. The Morgan fingerprint density at radius 3 is 2.45 bits per heavy atom. The Kier molecular flexibility index (Phi) is 5.48. The summed E-state index contributed by atoms with van der Waals surface area (Å²) in [6.07, 6.45) is 0. The molecular weight excluding hydrogens is 316 g/mol. The molecule has 20 heavy (non-hydrogen) atoms. The van der Waals surface area contributed by atoms with Crippen molar-refractivity contribution in [1.29, 1.82) is 0 Å². The molecule has 0 bridgehead atoms. The van der Waals surface area contributed by atoms with E-state index in [4.69, 9.17) is 11.6 Å². The molecule has 0 aliphatic carbocycles. The Morgan fingerprint density at radius 2 is 1.95 bits per heavy atom. The smallest absolute Gasteiger partial charge is 0.252 e. The molecule has 2 heterocycles. The Hall–Kier alpha value is -0.140. The Bertz CT molecular complexity index is 534. The molecule has 114 valence electrons. The molecule has 0 radical (unpaired) electrons. The van der Waals surface area contributed by atoms with E-state index < -0.39 is 10.0 Å². The van der Waals surface area contributed by atoms with Crippen molar-refractivity contribution in [2.24, 2.45) is 5.92 Å². The number of nitrogens with zero attached hydrogens (tertiary/aromatic N) is 2. The maximum atomic E-state index is 12.5. The largest absolute Gasteiger partial charge is 0.300 e. The molecule has 1 aliphatic heterocycles. The minimum absolute atomic E-state index is 0.355. The van der Waals surface area contributed by atoms with Gasteiger partial charge in [0.2, 0.25) is 0 Å². The number of alkyl halides is 1. The van der Waals surface area contributed by atoms with E-state index in [-0.39, 0.29) is 0 Å². The lowest BCUT2D eigenvalue weighted by Gasteiger charge is -2.34. The van der Waals surface area contributed by atoms with E-state index in [0.29, 0.717) is 29.1 Å². The van der Waals surface area contributed by atoms with Gasteiger partial charge in [0.15, 0.2) is 0 Å². The van der Waals surface area contributed by atoms with Gasteiger partial charge in [0, 0.05) is 38.6 Å². The maximum Gasteiger partial charge on any atom is 0.252 e. The average molecular weight is 337 g/mol. The summed E-state index contributed by atoms with van der Waals surface area (Å²) in [6, 6.07) is 1.69. The van der Waals surface area contributed by atoms with Crippen LogP contribution in [0.2, 0.25) is 0 Å². The van der Waals surface area contributed by atoms with Crippen molar-refractivity contribution in [3.05, 3.63) is 17.0 Å². The summed E-state index contributed by atoms with van der Waals surface area (Å²) in [5.74, 6) is 0.968. The molecule has 0 atom stereocenters. The van der Waals surface area contributed by atoms with Crippen LogP contribution in [-0.4, -0.2) is 50.3 Å². The van der Waals surface area contributed by atoms with Gasteiger partial charge in [-0.05, 0) is 22.9 Å². The Morgan fingerprint density at radius 1 is 1.30 bits per heavy atom. The number of hydrogen-bond acceptors (Lipinski definition) is 4. The van der Waals surface area contributed by atoms with Gasteiger partial charge in [0.05, 0.1) is 0 Å². The zero-order valence-corrected chi connectivity index (χ0v) is 14.3. The van der Waals surface area contributed by atoms with Crippen molar-refractivity contribution in [1.82, 2.24) is 9.21 Å². The van der Waals surface area contributed by atoms with Gasteiger partial charge in [-0.25, -0.2) is 8.42 Å². The molecule has 2 rings (SSSR count). The van der Waals surface area contributed by atoms with Crippen LogP contribution in [-0.2, 0) is 15.9 Å². The van der Waals surface area contributed by atoms with Crippen LogP contribution in [0.4, 0.5) is 0 Å². The molecule has 1 aliphatic rings. The fourth-order valence-corrected chi connectivity index (χ4v) is 5.38. The van der Waals surface area contributed by atoms with Crippen molar-refractivity contribution >= 4 is 33.0 Å². The van der Waals surface area contributed by atoms with Crippen LogP contribution in [0.1, 0.15) is 19.4 Å². The molecule has 0 saturated carbocycles. The molecule has 0 N–H and O–H groups in total. The Labute approximate surface area is 130 Å². The molecule has 0 aromatic carbocycles. The zero-order chi connectivity index (χ0) is 14.8. The average Bonchev–Trinajstić information content (AvgIpc) is 2.88. The fourth-order valence-electron chi connectivity index (χ4n) is 2.35. The quantitative estimate of drug-likeness (QED) is 0.775. The third-order valence-corrected chi connectivity index (χ3v) is 7.00. The minimum Gasteiger partial charge on any atom is -0.300 e. The van der Waals surface area contributed by atoms with Crippen molar-refractivity contribution in [3.63, 3.8) is 0 Å². The van der Waals surface area contributed by atoms with Crippen LogP contribution in [0.25, 0.3) is 0 Å². The van der Waals surface area contributed by atoms with E-state index in [1.165, 1.54) is 11.3 Å². The molecule has 1 fully saturated rings. The van der Waals surface area contributed by atoms with Gasteiger partial charge in [-0.3, -0.25) is 0 Å². The van der Waals surface area contributed by atoms with E-state index in [9.17, 15) is 8.42 Å². The highest BCUT2D eigenvalue weighted by atomic mass is 35.5. The van der Waals surface area contributed by atoms with Gasteiger partial charge in [-0.2, -0.15) is 4.31 Å². The summed E-state index contributed by atoms with van der Waals surface area (Å²) in [5, 5.41) is 1.81. The highest BCUT2D eigenvalue weighted by Gasteiger charge is 2.29. The number of thiophene rings is 1. The van der Waals surface area contributed by atoms with Crippen LogP contribution in [0.5, 0.6) is 0 Å². The first-order valence-corrected chi connectivity index (χ1v) is 9.65. The number of sulfonamides is 1. The second-order valence-corrected chi connectivity index (χ2v) is 8.85. The van der Waals surface area contributed by atoms with Crippen molar-refractivity contribution in [2.45, 2.75) is 23.9 Å². The molecule has 1 saturated heterocycles. The third-order valence-electron chi connectivity index (χ3n) is 3.33. The molecular formula is C13H21ClN2O2S2. The van der Waals surface area contributed by atoms with Gasteiger partial charge in [-0.15, -0.1) is 22.9 Å². The lowest BCUT2D eigenvalue weighted by molar-refractivity contribution is 0.172. The van der Waals surface area contributed by atoms with Gasteiger partial charge in [-0.1, -0.05) is 13.8 Å². The minimum atomic E-state index is -3.34. The second kappa shape index (κ2) is 6.75. The topological polar surface area (TPSA) is 40.6 Å². The molecule has 7 heteroatoms. The standard InChI is InChI=1S/C13H21ClN2O2S2/c1-11(2)9-15-3-5-16(6-4-15)20(17,18)13-7-12(8-14)10-19-13/h7,10-11H,3-6,8-9H2,1-2H3. The van der Waals surface area contributed by atoms with Gasteiger partial charge < -0.3 is 4.90 Å². The highest BCUT2D eigenvalue weighted by Crippen LogP contribution is 2.25. The van der Waals surface area contributed by atoms with E-state index >= 15 is 0 Å². The zero-order valence-electron chi connectivity index (χ0n) is 11.9. The number of rotatable bonds is 5. The summed E-state index contributed by atoms with van der Waals surface area (Å²) >= 11 is 6.99. The summed E-state index contributed by atoms with van der Waals surface area (Å²) < 4.78 is 27.0. The molecule has 0 spiro atoms. The maximum absolute atomic E-state index is 12.5. The van der Waals surface area contributed by atoms with E-state index in [0.717, 1.165) is 25.2 Å². The van der Waals surface area contributed by atoms with Crippen LogP contribution in [0, 0.1) is 5.92 Å². The second-order valence-electron chi connectivity index (χ2n) is 5.51. The Balaban J connectivity index is 2.02. The first-order chi connectivity index (χ1) is 9.43. The summed E-state index contributed by atoms with van der Waals surface area (Å²) in [4.78, 5) is 2.33. The molecule has 0 unspecified atom stereocenters. The van der Waals surface area contributed by atoms with Crippen LogP contribution < -0.4 is 0 Å². The normalized spacial score (nSPS) is 18.8. The number of piperazine rings is 1. The monoisotopic (exact) mass is 336 g/mol. The molecule has 0 amide bonds. The van der Waals surface area contributed by atoms with Gasteiger partial charge in [0.1, 0.15) is 4.21 Å². The lowest BCUT2D eigenvalue weighted by Crippen LogP contribution is -2.49. The summed E-state index contributed by atoms with van der Waals surface area (Å²) in [5.41, 5.74) is 0.869. The first-order valence-electron chi connectivity index (χ1n) is 6.79. The predicted molar refractivity (Wildman–Crippen MR) is 83.9 cm³/mol. The van der Waals surface area contributed by atoms with Crippen molar-refractivity contribution in [3.8, 4) is 0 Å². The van der Waals surface area contributed by atoms with E-state index in [1.54, 1.807) is 10.4 Å². The molecule has 1 aromatic rings. The molecule has 1 aromatic heterocycles. The van der Waals surface area contributed by atoms with Crippen LogP contribution in [0.3, 0.4) is 0 Å². The van der Waals surface area contributed by atoms with Gasteiger partial charge in [0.25, 0.3) is 10.0 Å². The van der Waals surface area contributed by atoms with Crippen LogP contribution >= 0.6 is 22.9 Å². The van der Waals surface area contributed by atoms with E-state index in [2.05, 4.69) is 18.7 Å². The predicted octanol–water partition coefficient (Wildman–Crippen LogP) is 2.45. The van der Waals surface area contributed by atoms with Crippen molar-refractivity contribution in [2.75, 3.05) is 32.7 Å². The SMILES string of the molecule is CC(C)CN1CCN(S(=O)(=O)c2cc(CCl)cs2)CC1. The van der Waals surface area contributed by atoms with E-state index in [1.807, 2.05) is 5.38 Å². The lowest BCUT2D eigenvalue weighted by atomic mass is 10.2. The first kappa shape index (κ1) is 16.2. The van der Waals surface area contributed by atoms with Crippen LogP contribution in [0.15, 0.2) is 15.7 Å². The highest BCUT2D eigenvalue weighted by molar-refractivity contribution is 7.91. The number of halogens is 1. The van der Waals surface area contributed by atoms with Crippen molar-refractivity contribution < 1.29 is 8.42 Å².